The highest BCUT2D eigenvalue weighted by Gasteiger charge is 2.30. The van der Waals surface area contributed by atoms with Crippen molar-refractivity contribution >= 4 is 43.7 Å². The number of carbonyl (C=O) groups excluding carboxylic acids is 1. The largest absolute Gasteiger partial charge is 0.495 e. The molecule has 30 heavy (non-hydrogen) atoms. The number of methoxy groups -OCH3 is 1. The molecule has 0 atom stereocenters. The monoisotopic (exact) mass is 465 g/mol. The van der Waals surface area contributed by atoms with Gasteiger partial charge in [0.25, 0.3) is 5.91 Å². The first kappa shape index (κ1) is 20.9. The highest BCUT2D eigenvalue weighted by molar-refractivity contribution is 7.89. The molecule has 0 unspecified atom stereocenters. The zero-order chi connectivity index (χ0) is 21.1. The second kappa shape index (κ2) is 8.82. The molecule has 1 amide bonds. The lowest BCUT2D eigenvalue weighted by Gasteiger charge is -2.26. The summed E-state index contributed by atoms with van der Waals surface area (Å²) in [5.41, 5.74) is 0.992. The van der Waals surface area contributed by atoms with E-state index < -0.39 is 15.9 Å². The van der Waals surface area contributed by atoms with Crippen molar-refractivity contribution in [3.63, 3.8) is 0 Å². The molecule has 158 valence electrons. The highest BCUT2D eigenvalue weighted by Crippen LogP contribution is 2.30. The quantitative estimate of drug-likeness (QED) is 0.601. The Bertz CT molecular complexity index is 1140. The summed E-state index contributed by atoms with van der Waals surface area (Å²) in [6.45, 7) is 1.18. The van der Waals surface area contributed by atoms with E-state index in [-0.39, 0.29) is 29.3 Å². The lowest BCUT2D eigenvalue weighted by Crippen LogP contribution is -2.40. The number of hydrogen-bond acceptors (Lipinski definition) is 8. The molecule has 1 N–H and O–H groups in total. The van der Waals surface area contributed by atoms with Crippen LogP contribution in [0.2, 0.25) is 0 Å². The van der Waals surface area contributed by atoms with Crippen LogP contribution in [0, 0.1) is 0 Å². The molecule has 11 heteroatoms. The Morgan fingerprint density at radius 2 is 2.03 bits per heavy atom. The molecule has 2 aromatic heterocycles. The van der Waals surface area contributed by atoms with E-state index in [0.717, 1.165) is 10.6 Å². The summed E-state index contributed by atoms with van der Waals surface area (Å²) < 4.78 is 38.0. The molecular formula is C19H19N3O5S3. The van der Waals surface area contributed by atoms with Crippen LogP contribution in [0.1, 0.15) is 10.4 Å². The molecule has 1 aliphatic heterocycles. The van der Waals surface area contributed by atoms with Crippen LogP contribution in [0.25, 0.3) is 10.6 Å². The topological polar surface area (TPSA) is 97.8 Å². The minimum absolute atomic E-state index is 0.0436. The van der Waals surface area contributed by atoms with Crippen molar-refractivity contribution in [2.75, 3.05) is 38.7 Å². The molecule has 3 aromatic rings. The molecule has 0 radical (unpaired) electrons. The van der Waals surface area contributed by atoms with Crippen LogP contribution in [0.4, 0.5) is 5.13 Å². The smallest absolute Gasteiger partial charge is 0.257 e. The highest BCUT2D eigenvalue weighted by atomic mass is 32.2. The Labute approximate surface area is 182 Å². The fraction of sp³-hybridized carbons (Fsp3) is 0.263. The summed E-state index contributed by atoms with van der Waals surface area (Å²) in [4.78, 5) is 18.1. The predicted molar refractivity (Wildman–Crippen MR) is 116 cm³/mol. The molecule has 4 rings (SSSR count). The summed E-state index contributed by atoms with van der Waals surface area (Å²) in [6.07, 6.45) is 0. The third-order valence-corrected chi connectivity index (χ3v) is 8.08. The van der Waals surface area contributed by atoms with Gasteiger partial charge in [0, 0.05) is 24.0 Å². The Hall–Kier alpha value is -2.31. The van der Waals surface area contributed by atoms with Crippen molar-refractivity contribution in [3.05, 3.63) is 46.7 Å². The van der Waals surface area contributed by atoms with E-state index in [9.17, 15) is 13.2 Å². The number of carbonyl (C=O) groups is 1. The van der Waals surface area contributed by atoms with Gasteiger partial charge in [-0.25, -0.2) is 13.4 Å². The number of anilines is 1. The van der Waals surface area contributed by atoms with Gasteiger partial charge in [-0.05, 0) is 29.6 Å². The molecule has 3 heterocycles. The first-order chi connectivity index (χ1) is 14.5. The SMILES string of the molecule is COc1ccc(C(=O)Nc2nc(-c3cccs3)cs2)cc1S(=O)(=O)N1CCOCC1. The van der Waals surface area contributed by atoms with Gasteiger partial charge >= 0.3 is 0 Å². The first-order valence-corrected chi connectivity index (χ1v) is 12.3. The third-order valence-electron chi connectivity index (χ3n) is 4.51. The fourth-order valence-corrected chi connectivity index (χ4v) is 6.04. The van der Waals surface area contributed by atoms with E-state index in [2.05, 4.69) is 10.3 Å². The predicted octanol–water partition coefficient (Wildman–Crippen LogP) is 3.15. The number of benzene rings is 1. The van der Waals surface area contributed by atoms with Crippen molar-refractivity contribution in [1.82, 2.24) is 9.29 Å². The zero-order valence-electron chi connectivity index (χ0n) is 16.0. The van der Waals surface area contributed by atoms with Gasteiger partial charge in [0.15, 0.2) is 5.13 Å². The molecule has 1 fully saturated rings. The Kier molecular flexibility index (Phi) is 6.16. The molecule has 8 nitrogen and oxygen atoms in total. The molecule has 1 aromatic carbocycles. The second-order valence-corrected chi connectivity index (χ2v) is 10.1. The van der Waals surface area contributed by atoms with Gasteiger partial charge < -0.3 is 9.47 Å². The van der Waals surface area contributed by atoms with Crippen LogP contribution in [0.15, 0.2) is 46.0 Å². The van der Waals surface area contributed by atoms with Gasteiger partial charge in [0.2, 0.25) is 10.0 Å². The molecular weight excluding hydrogens is 446 g/mol. The van der Waals surface area contributed by atoms with E-state index in [1.54, 1.807) is 11.3 Å². The summed E-state index contributed by atoms with van der Waals surface area (Å²) >= 11 is 2.87. The van der Waals surface area contributed by atoms with Crippen molar-refractivity contribution < 1.29 is 22.7 Å². The van der Waals surface area contributed by atoms with Gasteiger partial charge in [0.05, 0.1) is 30.9 Å². The maximum absolute atomic E-state index is 13.1. The molecule has 1 saturated heterocycles. The number of hydrogen-bond donors (Lipinski definition) is 1. The van der Waals surface area contributed by atoms with Gasteiger partial charge in [-0.2, -0.15) is 4.31 Å². The molecule has 1 aliphatic rings. The number of sulfonamides is 1. The third kappa shape index (κ3) is 4.25. The number of thiophene rings is 1. The number of aromatic nitrogens is 1. The van der Waals surface area contributed by atoms with E-state index in [1.165, 1.54) is 41.0 Å². The molecule has 0 spiro atoms. The Morgan fingerprint density at radius 1 is 1.23 bits per heavy atom. The minimum Gasteiger partial charge on any atom is -0.495 e. The van der Waals surface area contributed by atoms with Crippen molar-refractivity contribution in [2.45, 2.75) is 4.90 Å². The lowest BCUT2D eigenvalue weighted by atomic mass is 10.2. The average molecular weight is 466 g/mol. The maximum Gasteiger partial charge on any atom is 0.257 e. The van der Waals surface area contributed by atoms with E-state index >= 15 is 0 Å². The minimum atomic E-state index is -3.82. The number of rotatable bonds is 6. The zero-order valence-corrected chi connectivity index (χ0v) is 18.5. The normalized spacial score (nSPS) is 15.1. The van der Waals surface area contributed by atoms with E-state index in [1.807, 2.05) is 22.9 Å². The summed E-state index contributed by atoms with van der Waals surface area (Å²) in [5, 5.41) is 7.01. The van der Waals surface area contributed by atoms with Crippen molar-refractivity contribution in [3.8, 4) is 16.3 Å². The molecule has 0 aliphatic carbocycles. The van der Waals surface area contributed by atoms with Crippen LogP contribution >= 0.6 is 22.7 Å². The number of nitrogens with zero attached hydrogens (tertiary/aromatic N) is 2. The molecule has 0 bridgehead atoms. The van der Waals surface area contributed by atoms with Crippen molar-refractivity contribution in [2.24, 2.45) is 0 Å². The first-order valence-electron chi connectivity index (χ1n) is 9.06. The van der Waals surface area contributed by atoms with Crippen LogP contribution in [-0.4, -0.2) is 57.0 Å². The number of nitrogens with one attached hydrogen (secondary N) is 1. The standard InChI is InChI=1S/C19H19N3O5S3/c1-26-15-5-4-13(11-17(15)30(24,25)22-6-8-27-9-7-22)18(23)21-19-20-14(12-29-19)16-3-2-10-28-16/h2-5,10-12H,6-9H2,1H3,(H,20,21,23). The second-order valence-electron chi connectivity index (χ2n) is 6.35. The summed E-state index contributed by atoms with van der Waals surface area (Å²) in [5.74, 6) is -0.254. The van der Waals surface area contributed by atoms with Crippen LogP contribution < -0.4 is 10.1 Å². The number of ether oxygens (including phenoxy) is 2. The Balaban J connectivity index is 1.58. The lowest BCUT2D eigenvalue weighted by molar-refractivity contribution is 0.0729. The fourth-order valence-electron chi connectivity index (χ4n) is 2.98. The van der Waals surface area contributed by atoms with Crippen LogP contribution in [0.5, 0.6) is 5.75 Å². The van der Waals surface area contributed by atoms with E-state index in [0.29, 0.717) is 18.3 Å². The van der Waals surface area contributed by atoms with Crippen LogP contribution in [-0.2, 0) is 14.8 Å². The van der Waals surface area contributed by atoms with Gasteiger partial charge in [0.1, 0.15) is 10.6 Å². The van der Waals surface area contributed by atoms with E-state index in [4.69, 9.17) is 9.47 Å². The maximum atomic E-state index is 13.1. The van der Waals surface area contributed by atoms with Gasteiger partial charge in [-0.1, -0.05) is 6.07 Å². The average Bonchev–Trinajstić information content (AvgIpc) is 3.46. The van der Waals surface area contributed by atoms with Crippen molar-refractivity contribution in [1.29, 1.82) is 0 Å². The Morgan fingerprint density at radius 3 is 2.73 bits per heavy atom. The number of morpholine rings is 1. The number of thiazole rings is 1. The van der Waals surface area contributed by atoms with Crippen LogP contribution in [0.3, 0.4) is 0 Å². The number of amides is 1. The van der Waals surface area contributed by atoms with Gasteiger partial charge in [-0.3, -0.25) is 10.1 Å². The van der Waals surface area contributed by atoms with Gasteiger partial charge in [-0.15, -0.1) is 22.7 Å². The summed E-state index contributed by atoms with van der Waals surface area (Å²) in [7, 11) is -2.42. The summed E-state index contributed by atoms with van der Waals surface area (Å²) in [6, 6.07) is 8.25. The molecule has 0 saturated carbocycles.